The maximum absolute atomic E-state index is 12.9. The summed E-state index contributed by atoms with van der Waals surface area (Å²) in [5.41, 5.74) is 2.69. The Balaban J connectivity index is 1.58. The number of nitrogens with one attached hydrogen (secondary N) is 1. The highest BCUT2D eigenvalue weighted by atomic mass is 127. The number of fused-ring (bicyclic) bond motifs is 1. The second kappa shape index (κ2) is 8.32. The molecule has 2 aromatic carbocycles. The van der Waals surface area contributed by atoms with E-state index >= 15 is 0 Å². The maximum atomic E-state index is 12.9. The molecule has 158 valence electrons. The van der Waals surface area contributed by atoms with Crippen LogP contribution in [0.1, 0.15) is 16.1 Å². The maximum Gasteiger partial charge on any atom is 0.257 e. The molecule has 1 N–H and O–H groups in total. The van der Waals surface area contributed by atoms with E-state index in [0.717, 1.165) is 15.0 Å². The lowest BCUT2D eigenvalue weighted by molar-refractivity contribution is 0.102. The Morgan fingerprint density at radius 3 is 2.72 bits per heavy atom. The van der Waals surface area contributed by atoms with Crippen molar-refractivity contribution in [3.05, 3.63) is 87.0 Å². The second-order valence-corrected chi connectivity index (χ2v) is 8.59. The van der Waals surface area contributed by atoms with Crippen LogP contribution < -0.4 is 5.32 Å². The molecule has 0 fully saturated rings. The van der Waals surface area contributed by atoms with Crippen LogP contribution in [-0.4, -0.2) is 35.4 Å². The Morgan fingerprint density at radius 2 is 1.91 bits per heavy atom. The number of benzene rings is 2. The van der Waals surface area contributed by atoms with E-state index in [1.165, 1.54) is 6.33 Å². The molecule has 5 aromatic rings. The number of aromatic nitrogens is 6. The van der Waals surface area contributed by atoms with Crippen LogP contribution in [0.25, 0.3) is 22.5 Å². The van der Waals surface area contributed by atoms with Crippen LogP contribution in [-0.2, 0) is 0 Å². The minimum absolute atomic E-state index is 0.226. The van der Waals surface area contributed by atoms with Gasteiger partial charge in [0.2, 0.25) is 0 Å². The number of nitrogens with zero attached hydrogens (tertiary/aromatic N) is 6. The van der Waals surface area contributed by atoms with Crippen molar-refractivity contribution in [3.8, 4) is 11.5 Å². The third kappa shape index (κ3) is 3.73. The summed E-state index contributed by atoms with van der Waals surface area (Å²) in [5.74, 6) is 0.785. The normalized spacial score (nSPS) is 11.1. The molecule has 1 amide bonds. The number of amides is 1. The molecule has 8 nitrogen and oxygen atoms in total. The topological polar surface area (TPSA) is 90.5 Å². The molecular weight excluding hydrogens is 541 g/mol. The molecule has 0 radical (unpaired) electrons. The Hall–Kier alpha value is -3.31. The van der Waals surface area contributed by atoms with E-state index in [0.29, 0.717) is 33.3 Å². The van der Waals surface area contributed by atoms with Gasteiger partial charge >= 0.3 is 0 Å². The highest BCUT2D eigenvalue weighted by Crippen LogP contribution is 2.25. The zero-order valence-electron chi connectivity index (χ0n) is 16.7. The lowest BCUT2D eigenvalue weighted by Gasteiger charge is -2.10. The molecule has 0 unspecified atom stereocenters. The first kappa shape index (κ1) is 20.6. The molecule has 3 aromatic heterocycles. The number of carbonyl (C=O) groups excluding carboxylic acids is 1. The molecule has 0 atom stereocenters. The van der Waals surface area contributed by atoms with Crippen LogP contribution in [0.2, 0.25) is 5.02 Å². The first-order valence-corrected chi connectivity index (χ1v) is 11.0. The summed E-state index contributed by atoms with van der Waals surface area (Å²) in [6.45, 7) is 1.85. The van der Waals surface area contributed by atoms with Gasteiger partial charge in [-0.2, -0.15) is 14.9 Å². The van der Waals surface area contributed by atoms with Gasteiger partial charge in [0.1, 0.15) is 12.1 Å². The van der Waals surface area contributed by atoms with Crippen molar-refractivity contribution in [2.45, 2.75) is 6.92 Å². The molecule has 10 heteroatoms. The molecule has 0 bridgehead atoms. The van der Waals surface area contributed by atoms with Gasteiger partial charge in [-0.1, -0.05) is 29.8 Å². The van der Waals surface area contributed by atoms with Crippen LogP contribution in [0.4, 0.5) is 5.82 Å². The van der Waals surface area contributed by atoms with E-state index in [-0.39, 0.29) is 5.91 Å². The smallest absolute Gasteiger partial charge is 0.257 e. The van der Waals surface area contributed by atoms with Gasteiger partial charge in [0.25, 0.3) is 5.91 Å². The number of halogens is 2. The van der Waals surface area contributed by atoms with Crippen LogP contribution in [0.15, 0.2) is 67.1 Å². The first-order chi connectivity index (χ1) is 15.5. The Kier molecular flexibility index (Phi) is 5.35. The second-order valence-electron chi connectivity index (χ2n) is 6.99. The Bertz CT molecular complexity index is 1480. The van der Waals surface area contributed by atoms with Gasteiger partial charge in [-0.15, -0.1) is 0 Å². The van der Waals surface area contributed by atoms with Crippen molar-refractivity contribution in [1.29, 1.82) is 0 Å². The number of hydrogen-bond acceptors (Lipinski definition) is 5. The highest BCUT2D eigenvalue weighted by Gasteiger charge is 2.19. The van der Waals surface area contributed by atoms with E-state index < -0.39 is 0 Å². The zero-order valence-corrected chi connectivity index (χ0v) is 19.6. The average molecular weight is 556 g/mol. The fraction of sp³-hybridized carbons (Fsp3) is 0.0455. The summed E-state index contributed by atoms with van der Waals surface area (Å²) >= 11 is 8.29. The fourth-order valence-electron chi connectivity index (χ4n) is 3.38. The summed E-state index contributed by atoms with van der Waals surface area (Å²) in [4.78, 5) is 21.7. The highest BCUT2D eigenvalue weighted by molar-refractivity contribution is 14.1. The lowest BCUT2D eigenvalue weighted by Crippen LogP contribution is -2.16. The SMILES string of the molecule is Cc1cc(NC(=O)c2ccccc2I)n(-c2ncnc3c2cnn3-c2cccc(Cl)c2)n1. The number of carbonyl (C=O) groups is 1. The number of aryl methyl sites for hydroxylation is 1. The van der Waals surface area contributed by atoms with Gasteiger partial charge in [-0.05, 0) is 59.8 Å². The third-order valence-corrected chi connectivity index (χ3v) is 5.97. The van der Waals surface area contributed by atoms with Crippen molar-refractivity contribution >= 4 is 57.0 Å². The van der Waals surface area contributed by atoms with Crippen LogP contribution in [0.5, 0.6) is 0 Å². The molecular formula is C22H15ClIN7O. The number of rotatable bonds is 4. The zero-order chi connectivity index (χ0) is 22.2. The monoisotopic (exact) mass is 555 g/mol. The molecule has 0 aliphatic rings. The predicted molar refractivity (Wildman–Crippen MR) is 131 cm³/mol. The average Bonchev–Trinajstić information content (AvgIpc) is 3.37. The first-order valence-electron chi connectivity index (χ1n) is 9.59. The summed E-state index contributed by atoms with van der Waals surface area (Å²) in [7, 11) is 0. The Labute approximate surface area is 201 Å². The van der Waals surface area contributed by atoms with E-state index in [9.17, 15) is 4.79 Å². The van der Waals surface area contributed by atoms with Crippen molar-refractivity contribution in [2.75, 3.05) is 5.32 Å². The molecule has 3 heterocycles. The van der Waals surface area contributed by atoms with Crippen molar-refractivity contribution < 1.29 is 4.79 Å². The van der Waals surface area contributed by atoms with Crippen molar-refractivity contribution in [2.24, 2.45) is 0 Å². The standard InChI is InChI=1S/C22H15ClIN7O/c1-13-9-19(28-22(32)16-7-2-3-8-18(16)24)31(29-13)21-17-11-27-30(20(17)25-12-26-21)15-6-4-5-14(23)10-15/h2-12H,1H3,(H,28,32). The van der Waals surface area contributed by atoms with Gasteiger partial charge in [-0.25, -0.2) is 14.6 Å². The largest absolute Gasteiger partial charge is 0.306 e. The molecule has 0 aliphatic carbocycles. The predicted octanol–water partition coefficient (Wildman–Crippen LogP) is 4.82. The van der Waals surface area contributed by atoms with Gasteiger partial charge < -0.3 is 5.32 Å². The molecule has 32 heavy (non-hydrogen) atoms. The van der Waals surface area contributed by atoms with Crippen LogP contribution >= 0.6 is 34.2 Å². The third-order valence-electron chi connectivity index (χ3n) is 4.79. The lowest BCUT2D eigenvalue weighted by atomic mass is 10.2. The van der Waals surface area contributed by atoms with E-state index in [1.807, 2.05) is 37.3 Å². The van der Waals surface area contributed by atoms with Crippen molar-refractivity contribution in [3.63, 3.8) is 0 Å². The molecule has 0 saturated heterocycles. The summed E-state index contributed by atoms with van der Waals surface area (Å²) in [5, 5.41) is 13.3. The molecule has 0 saturated carbocycles. The minimum atomic E-state index is -0.226. The molecule has 0 aliphatic heterocycles. The quantitative estimate of drug-likeness (QED) is 0.321. The minimum Gasteiger partial charge on any atom is -0.306 e. The van der Waals surface area contributed by atoms with Gasteiger partial charge in [-0.3, -0.25) is 4.79 Å². The Morgan fingerprint density at radius 1 is 1.06 bits per heavy atom. The van der Waals surface area contributed by atoms with E-state index in [4.69, 9.17) is 11.6 Å². The fourth-order valence-corrected chi connectivity index (χ4v) is 4.19. The summed E-state index contributed by atoms with van der Waals surface area (Å²) in [6, 6.07) is 16.5. The molecule has 5 rings (SSSR count). The number of hydrogen-bond donors (Lipinski definition) is 1. The van der Waals surface area contributed by atoms with Crippen LogP contribution in [0.3, 0.4) is 0 Å². The van der Waals surface area contributed by atoms with Gasteiger partial charge in [0, 0.05) is 14.7 Å². The van der Waals surface area contributed by atoms with E-state index in [1.54, 1.807) is 39.8 Å². The van der Waals surface area contributed by atoms with Crippen LogP contribution in [0, 0.1) is 10.5 Å². The summed E-state index contributed by atoms with van der Waals surface area (Å²) in [6.07, 6.45) is 3.12. The van der Waals surface area contributed by atoms with Crippen molar-refractivity contribution in [1.82, 2.24) is 29.5 Å². The van der Waals surface area contributed by atoms with Gasteiger partial charge in [0.15, 0.2) is 11.5 Å². The van der Waals surface area contributed by atoms with E-state index in [2.05, 4.69) is 48.1 Å². The van der Waals surface area contributed by atoms with Gasteiger partial charge in [0.05, 0.1) is 28.5 Å². The molecule has 0 spiro atoms. The summed E-state index contributed by atoms with van der Waals surface area (Å²) < 4.78 is 4.14. The number of anilines is 1.